The van der Waals surface area contributed by atoms with Crippen molar-refractivity contribution in [1.29, 1.82) is 0 Å². The molecule has 0 aliphatic heterocycles. The summed E-state index contributed by atoms with van der Waals surface area (Å²) in [5.74, 6) is 2.74. The van der Waals surface area contributed by atoms with Crippen LogP contribution in [0, 0.1) is 0 Å². The van der Waals surface area contributed by atoms with Gasteiger partial charge in [-0.15, -0.1) is 0 Å². The number of rotatable bonds is 12. The van der Waals surface area contributed by atoms with Crippen LogP contribution in [0.1, 0.15) is 37.3 Å². The molecular weight excluding hydrogens is 370 g/mol. The first-order chi connectivity index (χ1) is 14.1. The van der Waals surface area contributed by atoms with Gasteiger partial charge in [-0.3, -0.25) is 4.79 Å². The van der Waals surface area contributed by atoms with Crippen molar-refractivity contribution in [2.24, 2.45) is 0 Å². The molecule has 1 amide bonds. The number of carbonyl (C=O) groups is 1. The van der Waals surface area contributed by atoms with Crippen LogP contribution < -0.4 is 24.3 Å². The molecule has 0 radical (unpaired) electrons. The van der Waals surface area contributed by atoms with Crippen LogP contribution in [-0.2, 0) is 17.8 Å². The molecular formula is C23H31NO5. The van der Waals surface area contributed by atoms with Crippen molar-refractivity contribution in [2.45, 2.75) is 39.2 Å². The number of carbonyl (C=O) groups excluding carboxylic acids is 1. The van der Waals surface area contributed by atoms with Gasteiger partial charge in [0.2, 0.25) is 5.91 Å². The second kappa shape index (κ2) is 11.8. The maximum Gasteiger partial charge on any atom is 0.220 e. The maximum atomic E-state index is 12.2. The largest absolute Gasteiger partial charge is 0.493 e. The smallest absolute Gasteiger partial charge is 0.220 e. The Kier molecular flexibility index (Phi) is 9.15. The summed E-state index contributed by atoms with van der Waals surface area (Å²) in [6.07, 6.45) is 3.10. The van der Waals surface area contributed by atoms with E-state index >= 15 is 0 Å². The number of amides is 1. The van der Waals surface area contributed by atoms with Crippen LogP contribution >= 0.6 is 0 Å². The molecule has 1 N–H and O–H groups in total. The van der Waals surface area contributed by atoms with Gasteiger partial charge in [-0.2, -0.15) is 0 Å². The third-order valence-corrected chi connectivity index (χ3v) is 4.56. The van der Waals surface area contributed by atoms with Crippen molar-refractivity contribution in [3.8, 4) is 23.0 Å². The quantitative estimate of drug-likeness (QED) is 0.542. The van der Waals surface area contributed by atoms with E-state index in [0.29, 0.717) is 43.2 Å². The number of benzene rings is 2. The Hall–Kier alpha value is -2.89. The highest BCUT2D eigenvalue weighted by atomic mass is 16.5. The molecule has 2 rings (SSSR count). The van der Waals surface area contributed by atoms with E-state index in [4.69, 9.17) is 18.9 Å². The highest BCUT2D eigenvalue weighted by Gasteiger charge is 2.09. The van der Waals surface area contributed by atoms with Gasteiger partial charge in [0.25, 0.3) is 0 Å². The molecule has 0 aliphatic carbocycles. The third kappa shape index (κ3) is 6.89. The van der Waals surface area contributed by atoms with Crippen molar-refractivity contribution in [3.63, 3.8) is 0 Å². The molecule has 0 bridgehead atoms. The van der Waals surface area contributed by atoms with Gasteiger partial charge in [0.1, 0.15) is 0 Å². The lowest BCUT2D eigenvalue weighted by Gasteiger charge is -2.13. The number of aryl methyl sites for hydroxylation is 1. The van der Waals surface area contributed by atoms with Crippen LogP contribution in [0.3, 0.4) is 0 Å². The molecule has 0 spiro atoms. The van der Waals surface area contributed by atoms with Crippen molar-refractivity contribution >= 4 is 5.91 Å². The summed E-state index contributed by atoms with van der Waals surface area (Å²) in [5.41, 5.74) is 1.98. The normalized spacial score (nSPS) is 10.3. The molecule has 0 aromatic heterocycles. The van der Waals surface area contributed by atoms with Crippen LogP contribution in [0.25, 0.3) is 0 Å². The van der Waals surface area contributed by atoms with E-state index in [9.17, 15) is 4.79 Å². The van der Waals surface area contributed by atoms with E-state index in [1.54, 1.807) is 21.3 Å². The fourth-order valence-electron chi connectivity index (χ4n) is 2.85. The van der Waals surface area contributed by atoms with E-state index in [1.165, 1.54) is 0 Å². The molecule has 29 heavy (non-hydrogen) atoms. The van der Waals surface area contributed by atoms with E-state index in [2.05, 4.69) is 12.2 Å². The SMILES string of the molecule is CCCCOc1ccc(CNC(=O)CCc2ccc(OC)c(OC)c2)cc1OC. The summed E-state index contributed by atoms with van der Waals surface area (Å²) in [5, 5.41) is 2.95. The Morgan fingerprint density at radius 3 is 2.17 bits per heavy atom. The molecule has 0 aliphatic rings. The monoisotopic (exact) mass is 401 g/mol. The lowest BCUT2D eigenvalue weighted by Crippen LogP contribution is -2.23. The summed E-state index contributed by atoms with van der Waals surface area (Å²) in [4.78, 5) is 12.2. The molecule has 6 nitrogen and oxygen atoms in total. The first-order valence-corrected chi connectivity index (χ1v) is 9.88. The Morgan fingerprint density at radius 1 is 0.862 bits per heavy atom. The summed E-state index contributed by atoms with van der Waals surface area (Å²) >= 11 is 0. The van der Waals surface area contributed by atoms with Crippen LogP contribution in [0.15, 0.2) is 36.4 Å². The molecule has 6 heteroatoms. The molecule has 158 valence electrons. The summed E-state index contributed by atoms with van der Waals surface area (Å²) < 4.78 is 21.7. The van der Waals surface area contributed by atoms with Gasteiger partial charge in [0, 0.05) is 13.0 Å². The lowest BCUT2D eigenvalue weighted by molar-refractivity contribution is -0.121. The lowest BCUT2D eigenvalue weighted by atomic mass is 10.1. The molecule has 0 atom stereocenters. The molecule has 2 aromatic rings. The minimum absolute atomic E-state index is 0.0120. The van der Waals surface area contributed by atoms with Gasteiger partial charge in [-0.05, 0) is 48.2 Å². The summed E-state index contributed by atoms with van der Waals surface area (Å²) in [6, 6.07) is 11.4. The van der Waals surface area contributed by atoms with Crippen molar-refractivity contribution in [3.05, 3.63) is 47.5 Å². The molecule has 2 aromatic carbocycles. The van der Waals surface area contributed by atoms with Crippen LogP contribution in [0.2, 0.25) is 0 Å². The molecule has 0 unspecified atom stereocenters. The average Bonchev–Trinajstić information content (AvgIpc) is 2.76. The third-order valence-electron chi connectivity index (χ3n) is 4.56. The van der Waals surface area contributed by atoms with E-state index in [1.807, 2.05) is 36.4 Å². The molecule has 0 saturated carbocycles. The maximum absolute atomic E-state index is 12.2. The van der Waals surface area contributed by atoms with E-state index in [0.717, 1.165) is 29.7 Å². The van der Waals surface area contributed by atoms with Crippen molar-refractivity contribution in [2.75, 3.05) is 27.9 Å². The first kappa shape index (κ1) is 22.4. The number of hydrogen-bond acceptors (Lipinski definition) is 5. The van der Waals surface area contributed by atoms with Gasteiger partial charge in [0.15, 0.2) is 23.0 Å². The number of nitrogens with one attached hydrogen (secondary N) is 1. The van der Waals surface area contributed by atoms with Gasteiger partial charge in [-0.1, -0.05) is 25.5 Å². The minimum atomic E-state index is -0.0120. The minimum Gasteiger partial charge on any atom is -0.493 e. The first-order valence-electron chi connectivity index (χ1n) is 9.88. The van der Waals surface area contributed by atoms with Gasteiger partial charge < -0.3 is 24.3 Å². The Labute approximate surface area is 173 Å². The fraction of sp³-hybridized carbons (Fsp3) is 0.435. The Bertz CT molecular complexity index is 791. The Balaban J connectivity index is 1.85. The summed E-state index contributed by atoms with van der Waals surface area (Å²) in [6.45, 7) is 3.23. The van der Waals surface area contributed by atoms with E-state index < -0.39 is 0 Å². The zero-order valence-electron chi connectivity index (χ0n) is 17.7. The molecule has 0 saturated heterocycles. The predicted octanol–water partition coefficient (Wildman–Crippen LogP) is 4.14. The standard InChI is InChI=1S/C23H31NO5/c1-5-6-13-29-20-11-8-18(15-22(20)28-4)16-24-23(25)12-9-17-7-10-19(26-2)21(14-17)27-3/h7-8,10-11,14-15H,5-6,9,12-13,16H2,1-4H3,(H,24,25). The van der Waals surface area contributed by atoms with Gasteiger partial charge in [0.05, 0.1) is 27.9 Å². The summed E-state index contributed by atoms with van der Waals surface area (Å²) in [7, 11) is 4.82. The topological polar surface area (TPSA) is 66.0 Å². The number of methoxy groups -OCH3 is 3. The molecule has 0 fully saturated rings. The molecule has 0 heterocycles. The average molecular weight is 402 g/mol. The number of hydrogen-bond donors (Lipinski definition) is 1. The van der Waals surface area contributed by atoms with E-state index in [-0.39, 0.29) is 5.91 Å². The highest BCUT2D eigenvalue weighted by Crippen LogP contribution is 2.29. The number of ether oxygens (including phenoxy) is 4. The zero-order valence-corrected chi connectivity index (χ0v) is 17.7. The van der Waals surface area contributed by atoms with Crippen molar-refractivity contribution in [1.82, 2.24) is 5.32 Å². The zero-order chi connectivity index (χ0) is 21.1. The van der Waals surface area contributed by atoms with Crippen molar-refractivity contribution < 1.29 is 23.7 Å². The van der Waals surface area contributed by atoms with Crippen LogP contribution in [0.4, 0.5) is 0 Å². The number of unbranched alkanes of at least 4 members (excludes halogenated alkanes) is 1. The second-order valence-electron chi connectivity index (χ2n) is 6.65. The van der Waals surface area contributed by atoms with Crippen LogP contribution in [0.5, 0.6) is 23.0 Å². The van der Waals surface area contributed by atoms with Gasteiger partial charge >= 0.3 is 0 Å². The predicted molar refractivity (Wildman–Crippen MR) is 113 cm³/mol. The Morgan fingerprint density at radius 2 is 1.48 bits per heavy atom. The fourth-order valence-corrected chi connectivity index (χ4v) is 2.85. The van der Waals surface area contributed by atoms with Crippen LogP contribution in [-0.4, -0.2) is 33.8 Å². The second-order valence-corrected chi connectivity index (χ2v) is 6.65. The highest BCUT2D eigenvalue weighted by molar-refractivity contribution is 5.76. The van der Waals surface area contributed by atoms with Gasteiger partial charge in [-0.25, -0.2) is 0 Å².